The largest absolute Gasteiger partial charge is 0.489 e. The minimum atomic E-state index is -0.333. The van der Waals surface area contributed by atoms with Crippen LogP contribution >= 0.6 is 0 Å². The molecular weight excluding hydrogens is 268 g/mol. The Hall–Kier alpha value is -2.88. The van der Waals surface area contributed by atoms with E-state index in [9.17, 15) is 9.59 Å². The summed E-state index contributed by atoms with van der Waals surface area (Å²) in [7, 11) is 0. The molecule has 1 heterocycles. The predicted octanol–water partition coefficient (Wildman–Crippen LogP) is 3.18. The molecule has 21 heavy (non-hydrogen) atoms. The van der Waals surface area contributed by atoms with E-state index in [2.05, 4.69) is 0 Å². The zero-order valence-electron chi connectivity index (χ0n) is 11.1. The van der Waals surface area contributed by atoms with Crippen molar-refractivity contribution in [3.8, 4) is 5.75 Å². The minimum Gasteiger partial charge on any atom is -0.489 e. The topological polar surface area (TPSA) is 56.5 Å². The molecule has 3 aromatic rings. The highest BCUT2D eigenvalue weighted by molar-refractivity contribution is 5.84. The summed E-state index contributed by atoms with van der Waals surface area (Å²) in [5, 5.41) is 0.367. The third-order valence-corrected chi connectivity index (χ3v) is 3.15. The van der Waals surface area contributed by atoms with Gasteiger partial charge in [-0.3, -0.25) is 9.59 Å². The van der Waals surface area contributed by atoms with Gasteiger partial charge in [0.2, 0.25) is 5.43 Å². The second-order valence-electron chi connectivity index (χ2n) is 4.57. The average molecular weight is 280 g/mol. The molecule has 0 saturated heterocycles. The lowest BCUT2D eigenvalue weighted by molar-refractivity contribution is 0.112. The Morgan fingerprint density at radius 1 is 1.10 bits per heavy atom. The van der Waals surface area contributed by atoms with Crippen LogP contribution in [0.25, 0.3) is 11.0 Å². The van der Waals surface area contributed by atoms with E-state index in [0.717, 1.165) is 5.56 Å². The molecule has 2 aromatic carbocycles. The van der Waals surface area contributed by atoms with Crippen LogP contribution in [0.15, 0.2) is 64.0 Å². The van der Waals surface area contributed by atoms with Crippen LogP contribution in [-0.2, 0) is 6.61 Å². The highest BCUT2D eigenvalue weighted by atomic mass is 16.5. The van der Waals surface area contributed by atoms with Crippen molar-refractivity contribution in [3.63, 3.8) is 0 Å². The SMILES string of the molecule is O=Cc1coc2cc(OCc3ccccc3)ccc2c1=O. The van der Waals surface area contributed by atoms with Crippen LogP contribution in [0.2, 0.25) is 0 Å². The Morgan fingerprint density at radius 3 is 2.67 bits per heavy atom. The summed E-state index contributed by atoms with van der Waals surface area (Å²) < 4.78 is 11.0. The number of carbonyl (C=O) groups excluding carboxylic acids is 1. The van der Waals surface area contributed by atoms with Gasteiger partial charge in [0.15, 0.2) is 6.29 Å². The third kappa shape index (κ3) is 2.69. The lowest BCUT2D eigenvalue weighted by atomic mass is 10.2. The number of carbonyl (C=O) groups is 1. The molecule has 0 aliphatic carbocycles. The Kier molecular flexibility index (Phi) is 3.51. The Bertz CT molecular complexity index is 834. The molecule has 104 valence electrons. The van der Waals surface area contributed by atoms with Crippen molar-refractivity contribution < 1.29 is 13.9 Å². The first kappa shape index (κ1) is 13.1. The summed E-state index contributed by atoms with van der Waals surface area (Å²) >= 11 is 0. The van der Waals surface area contributed by atoms with Gasteiger partial charge >= 0.3 is 0 Å². The molecule has 0 aliphatic rings. The van der Waals surface area contributed by atoms with Crippen LogP contribution in [0.1, 0.15) is 15.9 Å². The number of hydrogen-bond donors (Lipinski definition) is 0. The molecule has 0 saturated carbocycles. The van der Waals surface area contributed by atoms with Gasteiger partial charge in [-0.25, -0.2) is 0 Å². The van der Waals surface area contributed by atoms with Crippen LogP contribution in [-0.4, -0.2) is 6.29 Å². The van der Waals surface area contributed by atoms with Crippen molar-refractivity contribution in [1.29, 1.82) is 0 Å². The number of fused-ring (bicyclic) bond motifs is 1. The molecule has 0 bridgehead atoms. The molecule has 3 rings (SSSR count). The third-order valence-electron chi connectivity index (χ3n) is 3.15. The minimum absolute atomic E-state index is 0.0143. The average Bonchev–Trinajstić information content (AvgIpc) is 2.54. The van der Waals surface area contributed by atoms with E-state index in [1.165, 1.54) is 6.26 Å². The molecule has 0 unspecified atom stereocenters. The maximum atomic E-state index is 11.9. The number of hydrogen-bond acceptors (Lipinski definition) is 4. The van der Waals surface area contributed by atoms with Gasteiger partial charge in [0.05, 0.1) is 10.9 Å². The summed E-state index contributed by atoms with van der Waals surface area (Å²) in [4.78, 5) is 22.6. The van der Waals surface area contributed by atoms with E-state index in [0.29, 0.717) is 29.6 Å². The summed E-state index contributed by atoms with van der Waals surface area (Å²) in [5.74, 6) is 0.605. The van der Waals surface area contributed by atoms with Crippen LogP contribution in [0.4, 0.5) is 0 Å². The first-order valence-electron chi connectivity index (χ1n) is 6.45. The predicted molar refractivity (Wildman–Crippen MR) is 78.6 cm³/mol. The van der Waals surface area contributed by atoms with Gasteiger partial charge in [-0.05, 0) is 17.7 Å². The highest BCUT2D eigenvalue weighted by Gasteiger charge is 2.07. The van der Waals surface area contributed by atoms with Gasteiger partial charge in [0.25, 0.3) is 0 Å². The second kappa shape index (κ2) is 5.63. The maximum Gasteiger partial charge on any atom is 0.203 e. The Balaban J connectivity index is 1.88. The smallest absolute Gasteiger partial charge is 0.203 e. The van der Waals surface area contributed by atoms with Crippen LogP contribution in [0.5, 0.6) is 5.75 Å². The fourth-order valence-corrected chi connectivity index (χ4v) is 2.04. The molecule has 0 N–H and O–H groups in total. The van der Waals surface area contributed by atoms with Crippen molar-refractivity contribution in [2.45, 2.75) is 6.61 Å². The van der Waals surface area contributed by atoms with Gasteiger partial charge in [-0.1, -0.05) is 30.3 Å². The molecule has 1 aromatic heterocycles. The standard InChI is InChI=1S/C17H12O4/c18-9-13-11-21-16-8-14(6-7-15(16)17(13)19)20-10-12-4-2-1-3-5-12/h1-9,11H,10H2. The summed E-state index contributed by atoms with van der Waals surface area (Å²) in [6, 6.07) is 14.7. The molecule has 4 heteroatoms. The molecule has 0 fully saturated rings. The molecule has 0 aliphatic heterocycles. The highest BCUT2D eigenvalue weighted by Crippen LogP contribution is 2.20. The summed E-state index contributed by atoms with van der Waals surface area (Å²) in [5.41, 5.74) is 1.13. The fourth-order valence-electron chi connectivity index (χ4n) is 2.04. The van der Waals surface area contributed by atoms with Crippen LogP contribution in [0, 0.1) is 0 Å². The number of ether oxygens (including phenoxy) is 1. The van der Waals surface area contributed by atoms with E-state index in [1.54, 1.807) is 18.2 Å². The van der Waals surface area contributed by atoms with E-state index < -0.39 is 0 Å². The lowest BCUT2D eigenvalue weighted by Crippen LogP contribution is -2.07. The monoisotopic (exact) mass is 280 g/mol. The normalized spacial score (nSPS) is 10.5. The first-order valence-corrected chi connectivity index (χ1v) is 6.45. The Morgan fingerprint density at radius 2 is 1.90 bits per heavy atom. The van der Waals surface area contributed by atoms with Crippen LogP contribution in [0.3, 0.4) is 0 Å². The van der Waals surface area contributed by atoms with Crippen molar-refractivity contribution in [1.82, 2.24) is 0 Å². The van der Waals surface area contributed by atoms with Crippen molar-refractivity contribution in [3.05, 3.63) is 76.1 Å². The molecule has 4 nitrogen and oxygen atoms in total. The van der Waals surface area contributed by atoms with Crippen molar-refractivity contribution >= 4 is 17.3 Å². The van der Waals surface area contributed by atoms with E-state index >= 15 is 0 Å². The fraction of sp³-hybridized carbons (Fsp3) is 0.0588. The van der Waals surface area contributed by atoms with Crippen LogP contribution < -0.4 is 10.2 Å². The molecule has 0 radical (unpaired) electrons. The van der Waals surface area contributed by atoms with E-state index in [4.69, 9.17) is 9.15 Å². The van der Waals surface area contributed by atoms with Gasteiger partial charge in [-0.15, -0.1) is 0 Å². The molecule has 0 amide bonds. The molecular formula is C17H12O4. The number of aldehydes is 1. The lowest BCUT2D eigenvalue weighted by Gasteiger charge is -2.07. The van der Waals surface area contributed by atoms with Gasteiger partial charge in [0, 0.05) is 6.07 Å². The number of rotatable bonds is 4. The van der Waals surface area contributed by atoms with Gasteiger partial charge < -0.3 is 9.15 Å². The maximum absolute atomic E-state index is 11.9. The quantitative estimate of drug-likeness (QED) is 0.689. The first-order chi connectivity index (χ1) is 10.3. The van der Waals surface area contributed by atoms with Crippen molar-refractivity contribution in [2.24, 2.45) is 0 Å². The zero-order valence-corrected chi connectivity index (χ0v) is 11.1. The molecule has 0 spiro atoms. The Labute approximate surface area is 120 Å². The van der Waals surface area contributed by atoms with E-state index in [-0.39, 0.29) is 11.0 Å². The number of benzene rings is 2. The van der Waals surface area contributed by atoms with Gasteiger partial charge in [0.1, 0.15) is 24.2 Å². The summed E-state index contributed by atoms with van der Waals surface area (Å²) in [6.45, 7) is 0.434. The second-order valence-corrected chi connectivity index (χ2v) is 4.57. The molecule has 0 atom stereocenters. The van der Waals surface area contributed by atoms with E-state index in [1.807, 2.05) is 30.3 Å². The zero-order chi connectivity index (χ0) is 14.7. The summed E-state index contributed by atoms with van der Waals surface area (Å²) in [6.07, 6.45) is 1.66. The van der Waals surface area contributed by atoms with Crippen molar-refractivity contribution in [2.75, 3.05) is 0 Å². The van der Waals surface area contributed by atoms with Gasteiger partial charge in [-0.2, -0.15) is 0 Å².